The van der Waals surface area contributed by atoms with Crippen LogP contribution in [0.25, 0.3) is 0 Å². The number of methoxy groups -OCH3 is 1. The molecular weight excluding hydrogens is 399 g/mol. The van der Waals surface area contributed by atoms with Gasteiger partial charge in [-0.2, -0.15) is 0 Å². The van der Waals surface area contributed by atoms with E-state index in [1.807, 2.05) is 30.3 Å². The summed E-state index contributed by atoms with van der Waals surface area (Å²) in [4.78, 5) is 17.4. The molecule has 1 atom stereocenters. The van der Waals surface area contributed by atoms with Crippen LogP contribution in [0.2, 0.25) is 0 Å². The van der Waals surface area contributed by atoms with Crippen LogP contribution in [-0.4, -0.2) is 25.3 Å². The van der Waals surface area contributed by atoms with Gasteiger partial charge in [0.1, 0.15) is 12.4 Å². The lowest BCUT2D eigenvalue weighted by molar-refractivity contribution is -0.126. The van der Waals surface area contributed by atoms with Gasteiger partial charge in [0.2, 0.25) is 6.10 Å². The molecule has 0 fully saturated rings. The molecule has 160 valence electrons. The second-order valence-electron chi connectivity index (χ2n) is 6.66. The molecule has 0 aliphatic heterocycles. The molecule has 3 aromatic rings. The Morgan fingerprint density at radius 1 is 1.06 bits per heavy atom. The molecule has 0 aliphatic carbocycles. The van der Waals surface area contributed by atoms with E-state index in [1.54, 1.807) is 32.2 Å². The highest BCUT2D eigenvalue weighted by atomic mass is 19.1. The summed E-state index contributed by atoms with van der Waals surface area (Å²) in [5.41, 5.74) is 2.24. The fourth-order valence-corrected chi connectivity index (χ4v) is 2.63. The molecule has 1 amide bonds. The first-order valence-corrected chi connectivity index (χ1v) is 9.65. The molecule has 0 aromatic heterocycles. The van der Waals surface area contributed by atoms with Crippen LogP contribution in [0.4, 0.5) is 10.1 Å². The van der Waals surface area contributed by atoms with Crippen LogP contribution in [0.5, 0.6) is 11.5 Å². The molecule has 0 saturated heterocycles. The normalized spacial score (nSPS) is 11.7. The van der Waals surface area contributed by atoms with Gasteiger partial charge in [-0.15, -0.1) is 0 Å². The summed E-state index contributed by atoms with van der Waals surface area (Å²) in [6, 6.07) is 20.6. The van der Waals surface area contributed by atoms with Gasteiger partial charge in [0.25, 0.3) is 5.91 Å². The molecule has 0 radical (unpaired) electrons. The van der Waals surface area contributed by atoms with Crippen molar-refractivity contribution in [2.45, 2.75) is 19.6 Å². The highest BCUT2D eigenvalue weighted by molar-refractivity contribution is 5.93. The molecule has 3 rings (SSSR count). The van der Waals surface area contributed by atoms with Gasteiger partial charge in [0.05, 0.1) is 13.3 Å². The molecule has 31 heavy (non-hydrogen) atoms. The summed E-state index contributed by atoms with van der Waals surface area (Å²) in [6.45, 7) is 1.99. The number of benzene rings is 3. The van der Waals surface area contributed by atoms with Gasteiger partial charge in [-0.1, -0.05) is 35.5 Å². The second kappa shape index (κ2) is 10.8. The molecule has 0 unspecified atom stereocenters. The summed E-state index contributed by atoms with van der Waals surface area (Å²) >= 11 is 0. The number of oxime groups is 1. The number of amides is 1. The predicted octanol–water partition coefficient (Wildman–Crippen LogP) is 4.79. The van der Waals surface area contributed by atoms with Gasteiger partial charge >= 0.3 is 0 Å². The van der Waals surface area contributed by atoms with Crippen LogP contribution in [-0.2, 0) is 16.2 Å². The van der Waals surface area contributed by atoms with E-state index in [2.05, 4.69) is 10.5 Å². The van der Waals surface area contributed by atoms with Gasteiger partial charge in [0, 0.05) is 11.3 Å². The Labute approximate surface area is 180 Å². The first-order valence-electron chi connectivity index (χ1n) is 9.65. The van der Waals surface area contributed by atoms with Crippen molar-refractivity contribution < 1.29 is 23.5 Å². The monoisotopic (exact) mass is 422 g/mol. The van der Waals surface area contributed by atoms with Gasteiger partial charge in [0.15, 0.2) is 11.5 Å². The first kappa shape index (κ1) is 21.8. The highest BCUT2D eigenvalue weighted by Crippen LogP contribution is 2.28. The van der Waals surface area contributed by atoms with Crippen LogP contribution in [0.3, 0.4) is 0 Å². The third-order valence-corrected chi connectivity index (χ3v) is 4.33. The molecule has 0 saturated carbocycles. The van der Waals surface area contributed by atoms with Crippen molar-refractivity contribution >= 4 is 17.8 Å². The quantitative estimate of drug-likeness (QED) is 0.398. The Morgan fingerprint density at radius 3 is 2.52 bits per heavy atom. The average Bonchev–Trinajstić information content (AvgIpc) is 2.80. The maximum Gasteiger partial charge on any atom is 0.267 e. The average molecular weight is 422 g/mol. The van der Waals surface area contributed by atoms with E-state index >= 15 is 0 Å². The Bertz CT molecular complexity index is 1020. The van der Waals surface area contributed by atoms with E-state index in [4.69, 9.17) is 14.3 Å². The summed E-state index contributed by atoms with van der Waals surface area (Å²) < 4.78 is 24.2. The largest absolute Gasteiger partial charge is 0.493 e. The number of ether oxygens (including phenoxy) is 2. The zero-order chi connectivity index (χ0) is 22.1. The van der Waals surface area contributed by atoms with Crippen molar-refractivity contribution in [3.8, 4) is 11.5 Å². The minimum atomic E-state index is -0.836. The molecule has 3 aromatic carbocycles. The van der Waals surface area contributed by atoms with Gasteiger partial charge < -0.3 is 19.6 Å². The molecular formula is C24H23FN2O4. The van der Waals surface area contributed by atoms with Crippen molar-refractivity contribution in [2.24, 2.45) is 5.16 Å². The summed E-state index contributed by atoms with van der Waals surface area (Å²) in [5.74, 6) is 0.392. The third-order valence-electron chi connectivity index (χ3n) is 4.33. The Balaban J connectivity index is 1.54. The molecule has 0 aliphatic rings. The van der Waals surface area contributed by atoms with Crippen molar-refractivity contribution in [2.75, 3.05) is 12.4 Å². The SMILES string of the molecule is COc1cc(/C=N\O[C@@H](C)C(=O)Nc2ccc(F)cc2)ccc1OCc1ccccc1. The van der Waals surface area contributed by atoms with E-state index in [0.29, 0.717) is 23.8 Å². The van der Waals surface area contributed by atoms with Gasteiger partial charge in [-0.25, -0.2) is 4.39 Å². The van der Waals surface area contributed by atoms with Crippen molar-refractivity contribution in [1.82, 2.24) is 0 Å². The number of nitrogens with one attached hydrogen (secondary N) is 1. The standard InChI is InChI=1S/C24H23FN2O4/c1-17(24(28)27-21-11-9-20(25)10-12-21)31-26-15-19-8-13-22(23(14-19)29-2)30-16-18-6-4-3-5-7-18/h3-15,17H,16H2,1-2H3,(H,27,28)/b26-15-/t17-/m0/s1. The first-order chi connectivity index (χ1) is 15.0. The summed E-state index contributed by atoms with van der Waals surface area (Å²) in [7, 11) is 1.56. The number of rotatable bonds is 9. The fraction of sp³-hybridized carbons (Fsp3) is 0.167. The Hall–Kier alpha value is -3.87. The van der Waals surface area contributed by atoms with Crippen LogP contribution < -0.4 is 14.8 Å². The number of carbonyl (C=O) groups is 1. The molecule has 6 nitrogen and oxygen atoms in total. The molecule has 0 bridgehead atoms. The molecule has 0 spiro atoms. The number of carbonyl (C=O) groups excluding carboxylic acids is 1. The predicted molar refractivity (Wildman–Crippen MR) is 117 cm³/mol. The minimum Gasteiger partial charge on any atom is -0.493 e. The van der Waals surface area contributed by atoms with E-state index < -0.39 is 12.0 Å². The number of anilines is 1. The van der Waals surface area contributed by atoms with Crippen LogP contribution in [0.15, 0.2) is 78.0 Å². The topological polar surface area (TPSA) is 69.2 Å². The highest BCUT2D eigenvalue weighted by Gasteiger charge is 2.14. The molecule has 7 heteroatoms. The summed E-state index contributed by atoms with van der Waals surface area (Å²) in [5, 5.41) is 6.50. The van der Waals surface area contributed by atoms with Crippen molar-refractivity contribution in [1.29, 1.82) is 0 Å². The number of nitrogens with zero attached hydrogens (tertiary/aromatic N) is 1. The lowest BCUT2D eigenvalue weighted by atomic mass is 10.2. The van der Waals surface area contributed by atoms with Gasteiger partial charge in [-0.3, -0.25) is 4.79 Å². The third kappa shape index (κ3) is 6.57. The molecule has 1 N–H and O–H groups in total. The molecule has 0 heterocycles. The van der Waals surface area contributed by atoms with Crippen molar-refractivity contribution in [3.63, 3.8) is 0 Å². The summed E-state index contributed by atoms with van der Waals surface area (Å²) in [6.07, 6.45) is 0.641. The minimum absolute atomic E-state index is 0.376. The van der Waals surface area contributed by atoms with E-state index in [-0.39, 0.29) is 5.82 Å². The second-order valence-corrected chi connectivity index (χ2v) is 6.66. The zero-order valence-electron chi connectivity index (χ0n) is 17.2. The fourth-order valence-electron chi connectivity index (χ4n) is 2.63. The lowest BCUT2D eigenvalue weighted by Gasteiger charge is -2.12. The van der Waals surface area contributed by atoms with Crippen LogP contribution >= 0.6 is 0 Å². The maximum atomic E-state index is 12.9. The Kier molecular flexibility index (Phi) is 7.59. The smallest absolute Gasteiger partial charge is 0.267 e. The lowest BCUT2D eigenvalue weighted by Crippen LogP contribution is -2.26. The van der Waals surface area contributed by atoms with Crippen molar-refractivity contribution in [3.05, 3.63) is 89.7 Å². The van der Waals surface area contributed by atoms with Crippen LogP contribution in [0.1, 0.15) is 18.1 Å². The maximum absolute atomic E-state index is 12.9. The Morgan fingerprint density at radius 2 is 1.81 bits per heavy atom. The van der Waals surface area contributed by atoms with E-state index in [0.717, 1.165) is 11.1 Å². The van der Waals surface area contributed by atoms with E-state index in [9.17, 15) is 9.18 Å². The number of hydrogen-bond acceptors (Lipinski definition) is 5. The zero-order valence-corrected chi connectivity index (χ0v) is 17.2. The van der Waals surface area contributed by atoms with E-state index in [1.165, 1.54) is 30.5 Å². The number of hydrogen-bond donors (Lipinski definition) is 1. The van der Waals surface area contributed by atoms with Gasteiger partial charge in [-0.05, 0) is 55.0 Å². The van der Waals surface area contributed by atoms with Crippen LogP contribution in [0, 0.1) is 5.82 Å². The number of halogens is 1.